The van der Waals surface area contributed by atoms with Crippen LogP contribution in [0.4, 0.5) is 0 Å². The summed E-state index contributed by atoms with van der Waals surface area (Å²) in [5, 5.41) is 21.2. The zero-order valence-electron chi connectivity index (χ0n) is 15.7. The van der Waals surface area contributed by atoms with Gasteiger partial charge in [-0.1, -0.05) is 16.8 Å². The third kappa shape index (κ3) is 6.73. The SMILES string of the molecule is O=C(CCc1noc(CCC(=O)NO)c1S(=O)(=O)NNC(=O)c1ccc(Cl)cc1)NO. The maximum atomic E-state index is 12.8. The van der Waals surface area contributed by atoms with Crippen LogP contribution >= 0.6 is 11.6 Å². The smallest absolute Gasteiger partial charge is 0.266 e. The number of halogens is 1. The summed E-state index contributed by atoms with van der Waals surface area (Å²) in [6.45, 7) is 0. The minimum absolute atomic E-state index is 0.122. The molecule has 0 unspecified atom stereocenters. The van der Waals surface area contributed by atoms with Gasteiger partial charge in [0.15, 0.2) is 5.76 Å². The van der Waals surface area contributed by atoms with Gasteiger partial charge in [-0.25, -0.2) is 19.4 Å². The second-order valence-corrected chi connectivity index (χ2v) is 8.07. The third-order valence-electron chi connectivity index (χ3n) is 3.87. The van der Waals surface area contributed by atoms with Crippen LogP contribution in [0.15, 0.2) is 33.7 Å². The number of hydroxylamine groups is 2. The molecule has 6 N–H and O–H groups in total. The van der Waals surface area contributed by atoms with Crippen LogP contribution in [-0.2, 0) is 32.5 Å². The highest BCUT2D eigenvalue weighted by Gasteiger charge is 2.29. The molecule has 15 heteroatoms. The third-order valence-corrected chi connectivity index (χ3v) is 5.50. The monoisotopic (exact) mass is 475 g/mol. The fourth-order valence-corrected chi connectivity index (χ4v) is 3.73. The molecule has 0 saturated heterocycles. The lowest BCUT2D eigenvalue weighted by Gasteiger charge is -2.09. The highest BCUT2D eigenvalue weighted by Crippen LogP contribution is 2.23. The van der Waals surface area contributed by atoms with Crippen molar-refractivity contribution in [3.05, 3.63) is 46.3 Å². The van der Waals surface area contributed by atoms with E-state index in [0.717, 1.165) is 0 Å². The Morgan fingerprint density at radius 1 is 1.00 bits per heavy atom. The fourth-order valence-electron chi connectivity index (χ4n) is 2.39. The van der Waals surface area contributed by atoms with Gasteiger partial charge in [-0.15, -0.1) is 4.83 Å². The quantitative estimate of drug-likeness (QED) is 0.199. The number of hydrazine groups is 1. The maximum absolute atomic E-state index is 12.8. The molecule has 168 valence electrons. The number of sulfonamides is 1. The zero-order valence-corrected chi connectivity index (χ0v) is 17.3. The van der Waals surface area contributed by atoms with E-state index in [9.17, 15) is 22.8 Å². The van der Waals surface area contributed by atoms with Gasteiger partial charge in [-0.3, -0.25) is 30.2 Å². The summed E-state index contributed by atoms with van der Waals surface area (Å²) in [7, 11) is -4.45. The molecule has 0 aliphatic rings. The number of carbonyl (C=O) groups is 3. The van der Waals surface area contributed by atoms with Gasteiger partial charge in [0.25, 0.3) is 15.9 Å². The van der Waals surface area contributed by atoms with Crippen LogP contribution in [0, 0.1) is 0 Å². The number of aryl methyl sites for hydroxylation is 2. The molecule has 3 amide bonds. The summed E-state index contributed by atoms with van der Waals surface area (Å²) in [6.07, 6.45) is -1.14. The first-order valence-corrected chi connectivity index (χ1v) is 10.4. The molecule has 0 aliphatic carbocycles. The van der Waals surface area contributed by atoms with Crippen molar-refractivity contribution in [2.75, 3.05) is 0 Å². The van der Waals surface area contributed by atoms with E-state index in [-0.39, 0.29) is 42.7 Å². The van der Waals surface area contributed by atoms with Crippen molar-refractivity contribution in [1.29, 1.82) is 0 Å². The van der Waals surface area contributed by atoms with Gasteiger partial charge in [-0.05, 0) is 24.3 Å². The van der Waals surface area contributed by atoms with Crippen LogP contribution in [0.1, 0.15) is 34.7 Å². The Balaban J connectivity index is 2.24. The summed E-state index contributed by atoms with van der Waals surface area (Å²) < 4.78 is 30.6. The van der Waals surface area contributed by atoms with Crippen molar-refractivity contribution in [2.45, 2.75) is 30.6 Å². The number of hydrogen-bond acceptors (Lipinski definition) is 9. The molecule has 2 aromatic rings. The van der Waals surface area contributed by atoms with E-state index in [1.54, 1.807) is 0 Å². The summed E-state index contributed by atoms with van der Waals surface area (Å²) in [5.41, 5.74) is 4.78. The van der Waals surface area contributed by atoms with Crippen LogP contribution in [0.3, 0.4) is 0 Å². The second kappa shape index (κ2) is 10.8. The van der Waals surface area contributed by atoms with Crippen LogP contribution in [0.2, 0.25) is 5.02 Å². The van der Waals surface area contributed by atoms with Crippen molar-refractivity contribution >= 4 is 39.3 Å². The van der Waals surface area contributed by atoms with Crippen LogP contribution in [0.25, 0.3) is 0 Å². The summed E-state index contributed by atoms with van der Waals surface area (Å²) in [6, 6.07) is 5.64. The Morgan fingerprint density at radius 2 is 1.58 bits per heavy atom. The summed E-state index contributed by atoms with van der Waals surface area (Å²) in [4.78, 5) is 36.1. The highest BCUT2D eigenvalue weighted by molar-refractivity contribution is 7.89. The molecule has 1 heterocycles. The molecule has 0 aliphatic heterocycles. The Kier molecular flexibility index (Phi) is 8.47. The molecule has 0 atom stereocenters. The molecule has 0 saturated carbocycles. The molecule has 0 spiro atoms. The standard InChI is InChI=1S/C16H18ClN5O8S/c17-10-3-1-9(2-4-10)16(25)18-22-31(28,29)15-11(5-7-13(23)19-26)21-30-12(15)6-8-14(24)20-27/h1-4,22,26-27H,5-8H2,(H,18,25)(H,19,23)(H,20,24). The van der Waals surface area contributed by atoms with Crippen LogP contribution in [-0.4, -0.2) is 41.7 Å². The van der Waals surface area contributed by atoms with Crippen LogP contribution in [0.5, 0.6) is 0 Å². The lowest BCUT2D eigenvalue weighted by molar-refractivity contribution is -0.129. The van der Waals surface area contributed by atoms with E-state index in [0.29, 0.717) is 5.02 Å². The van der Waals surface area contributed by atoms with Crippen molar-refractivity contribution in [2.24, 2.45) is 0 Å². The van der Waals surface area contributed by atoms with Crippen molar-refractivity contribution in [3.8, 4) is 0 Å². The predicted octanol–water partition coefficient (Wildman–Crippen LogP) is -0.173. The predicted molar refractivity (Wildman–Crippen MR) is 102 cm³/mol. The van der Waals surface area contributed by atoms with Crippen LogP contribution < -0.4 is 21.2 Å². The highest BCUT2D eigenvalue weighted by atomic mass is 35.5. The largest absolute Gasteiger partial charge is 0.360 e. The Hall–Kier alpha value is -3.04. The normalized spacial score (nSPS) is 11.1. The lowest BCUT2D eigenvalue weighted by atomic mass is 10.2. The van der Waals surface area contributed by atoms with E-state index in [2.05, 4.69) is 5.16 Å². The topological polar surface area (TPSA) is 200 Å². The first-order valence-electron chi connectivity index (χ1n) is 8.59. The Bertz CT molecular complexity index is 1020. The number of rotatable bonds is 10. The summed E-state index contributed by atoms with van der Waals surface area (Å²) in [5.74, 6) is -2.61. The molecule has 1 aromatic carbocycles. The molecule has 0 radical (unpaired) electrons. The van der Waals surface area contributed by atoms with Gasteiger partial charge in [0.2, 0.25) is 11.8 Å². The number of benzene rings is 1. The van der Waals surface area contributed by atoms with Gasteiger partial charge in [0.1, 0.15) is 10.6 Å². The van der Waals surface area contributed by atoms with Gasteiger partial charge < -0.3 is 4.52 Å². The average molecular weight is 476 g/mol. The fraction of sp³-hybridized carbons (Fsp3) is 0.250. The second-order valence-electron chi connectivity index (χ2n) is 6.02. The number of carbonyl (C=O) groups excluding carboxylic acids is 3. The molecule has 13 nitrogen and oxygen atoms in total. The van der Waals surface area contributed by atoms with Gasteiger partial charge in [-0.2, -0.15) is 0 Å². The van der Waals surface area contributed by atoms with E-state index in [4.69, 9.17) is 26.5 Å². The molecular weight excluding hydrogens is 458 g/mol. The number of hydrogen-bond donors (Lipinski definition) is 6. The zero-order chi connectivity index (χ0) is 23.0. The van der Waals surface area contributed by atoms with E-state index < -0.39 is 32.6 Å². The van der Waals surface area contributed by atoms with Crippen molar-refractivity contribution < 1.29 is 37.7 Å². The number of amides is 3. The molecule has 31 heavy (non-hydrogen) atoms. The minimum Gasteiger partial charge on any atom is -0.360 e. The first kappa shape index (κ1) is 24.2. The van der Waals surface area contributed by atoms with E-state index in [1.165, 1.54) is 35.2 Å². The number of aromatic nitrogens is 1. The molecular formula is C16H18ClN5O8S. The molecule has 2 rings (SSSR count). The average Bonchev–Trinajstić information content (AvgIpc) is 3.18. The summed E-state index contributed by atoms with van der Waals surface area (Å²) >= 11 is 5.74. The van der Waals surface area contributed by atoms with E-state index >= 15 is 0 Å². The van der Waals surface area contributed by atoms with Crippen molar-refractivity contribution in [3.63, 3.8) is 0 Å². The Labute approximate surface area is 180 Å². The van der Waals surface area contributed by atoms with Crippen molar-refractivity contribution in [1.82, 2.24) is 26.4 Å². The molecule has 0 bridgehead atoms. The lowest BCUT2D eigenvalue weighted by Crippen LogP contribution is -2.42. The Morgan fingerprint density at radius 3 is 2.16 bits per heavy atom. The van der Waals surface area contributed by atoms with Gasteiger partial charge in [0.05, 0.1) is 0 Å². The minimum atomic E-state index is -4.45. The number of nitrogens with one attached hydrogen (secondary N) is 4. The maximum Gasteiger partial charge on any atom is 0.266 e. The van der Waals surface area contributed by atoms with E-state index in [1.807, 2.05) is 10.3 Å². The van der Waals surface area contributed by atoms with Gasteiger partial charge >= 0.3 is 0 Å². The van der Waals surface area contributed by atoms with Gasteiger partial charge in [0, 0.05) is 36.3 Å². The number of nitrogens with zero attached hydrogens (tertiary/aromatic N) is 1. The molecule has 0 fully saturated rings. The first-order chi connectivity index (χ1) is 14.7. The molecule has 1 aromatic heterocycles.